The molecule has 0 spiro atoms. The molecule has 5 nitrogen and oxygen atoms in total. The molecule has 1 fully saturated rings. The number of aryl methyl sites for hydroxylation is 3. The van der Waals surface area contributed by atoms with Crippen LogP contribution in [0.5, 0.6) is 0 Å². The zero-order valence-corrected chi connectivity index (χ0v) is 14.4. The number of thiophene rings is 1. The number of nitrogens with one attached hydrogen (secondary N) is 1. The Kier molecular flexibility index (Phi) is 4.07. The molecule has 3 rings (SSSR count). The molecule has 1 aromatic carbocycles. The van der Waals surface area contributed by atoms with Gasteiger partial charge in [0.25, 0.3) is 11.8 Å². The van der Waals surface area contributed by atoms with E-state index in [1.54, 1.807) is 18.2 Å². The number of benzene rings is 1. The Bertz CT molecular complexity index is 875. The quantitative estimate of drug-likeness (QED) is 0.673. The van der Waals surface area contributed by atoms with Crippen molar-refractivity contribution in [2.24, 2.45) is 0 Å². The van der Waals surface area contributed by atoms with Gasteiger partial charge in [-0.25, -0.2) is 9.69 Å². The van der Waals surface area contributed by atoms with Gasteiger partial charge in [-0.3, -0.25) is 14.9 Å². The van der Waals surface area contributed by atoms with Crippen LogP contribution in [-0.2, 0) is 9.59 Å². The minimum absolute atomic E-state index is 0.0423. The van der Waals surface area contributed by atoms with Crippen LogP contribution >= 0.6 is 11.3 Å². The number of barbiturate groups is 1. The van der Waals surface area contributed by atoms with Crippen molar-refractivity contribution in [1.82, 2.24) is 5.32 Å². The first kappa shape index (κ1) is 16.1. The second-order valence-electron chi connectivity index (χ2n) is 5.77. The fraction of sp³-hybridized carbons (Fsp3) is 0.167. The van der Waals surface area contributed by atoms with Crippen LogP contribution in [0.4, 0.5) is 10.5 Å². The lowest BCUT2D eigenvalue weighted by Crippen LogP contribution is -2.54. The second-order valence-corrected chi connectivity index (χ2v) is 6.72. The molecule has 0 bridgehead atoms. The zero-order chi connectivity index (χ0) is 17.4. The Labute approximate surface area is 143 Å². The van der Waals surface area contributed by atoms with E-state index in [0.717, 1.165) is 26.5 Å². The van der Waals surface area contributed by atoms with Crippen LogP contribution in [0.1, 0.15) is 21.6 Å². The number of nitrogens with zero attached hydrogens (tertiary/aromatic N) is 1. The molecule has 1 saturated heterocycles. The van der Waals surface area contributed by atoms with E-state index in [0.29, 0.717) is 5.69 Å². The molecule has 1 aliphatic rings. The summed E-state index contributed by atoms with van der Waals surface area (Å²) in [5, 5.41) is 4.13. The molecule has 0 radical (unpaired) electrons. The fourth-order valence-corrected chi connectivity index (χ4v) is 3.49. The van der Waals surface area contributed by atoms with Gasteiger partial charge in [-0.2, -0.15) is 0 Å². The van der Waals surface area contributed by atoms with Crippen molar-refractivity contribution in [3.63, 3.8) is 0 Å². The summed E-state index contributed by atoms with van der Waals surface area (Å²) in [7, 11) is 0. The Hall–Kier alpha value is -2.73. The van der Waals surface area contributed by atoms with E-state index >= 15 is 0 Å². The highest BCUT2D eigenvalue weighted by Crippen LogP contribution is 2.26. The number of carbonyl (C=O) groups is 3. The SMILES string of the molecule is Cc1cc(C)cc(N2C(=O)NC(=O)/C(=C/c3sccc3C)C2=O)c1. The van der Waals surface area contributed by atoms with E-state index in [1.807, 2.05) is 38.3 Å². The molecule has 0 aliphatic carbocycles. The lowest BCUT2D eigenvalue weighted by molar-refractivity contribution is -0.122. The van der Waals surface area contributed by atoms with Crippen LogP contribution in [0.25, 0.3) is 6.08 Å². The summed E-state index contributed by atoms with van der Waals surface area (Å²) >= 11 is 1.44. The van der Waals surface area contributed by atoms with Gasteiger partial charge in [0.05, 0.1) is 5.69 Å². The number of hydrogen-bond donors (Lipinski definition) is 1. The van der Waals surface area contributed by atoms with Gasteiger partial charge >= 0.3 is 6.03 Å². The van der Waals surface area contributed by atoms with Gasteiger partial charge in [-0.15, -0.1) is 11.3 Å². The number of urea groups is 1. The van der Waals surface area contributed by atoms with E-state index in [1.165, 1.54) is 11.3 Å². The van der Waals surface area contributed by atoms with E-state index in [4.69, 9.17) is 0 Å². The van der Waals surface area contributed by atoms with Crippen molar-refractivity contribution in [2.75, 3.05) is 4.90 Å². The summed E-state index contributed by atoms with van der Waals surface area (Å²) in [4.78, 5) is 38.9. The van der Waals surface area contributed by atoms with Gasteiger partial charge in [0.15, 0.2) is 0 Å². The summed E-state index contributed by atoms with van der Waals surface area (Å²) in [5.41, 5.74) is 3.25. The molecule has 1 aromatic heterocycles. The maximum atomic E-state index is 12.8. The van der Waals surface area contributed by atoms with Crippen molar-refractivity contribution >= 4 is 40.9 Å². The molecule has 0 saturated carbocycles. The largest absolute Gasteiger partial charge is 0.335 e. The Balaban J connectivity index is 2.06. The summed E-state index contributed by atoms with van der Waals surface area (Å²) in [6, 6.07) is 6.62. The minimum Gasteiger partial charge on any atom is -0.273 e. The first-order chi connectivity index (χ1) is 11.4. The van der Waals surface area contributed by atoms with Crippen LogP contribution in [0, 0.1) is 20.8 Å². The normalized spacial score (nSPS) is 16.7. The minimum atomic E-state index is -0.727. The number of hydrogen-bond acceptors (Lipinski definition) is 4. The number of rotatable bonds is 2. The molecular weight excluding hydrogens is 324 g/mol. The lowest BCUT2D eigenvalue weighted by atomic mass is 10.1. The maximum Gasteiger partial charge on any atom is 0.335 e. The van der Waals surface area contributed by atoms with Crippen LogP contribution in [0.3, 0.4) is 0 Å². The van der Waals surface area contributed by atoms with Gasteiger partial charge < -0.3 is 0 Å². The predicted octanol–water partition coefficient (Wildman–Crippen LogP) is 3.34. The maximum absolute atomic E-state index is 12.8. The van der Waals surface area contributed by atoms with Crippen LogP contribution in [-0.4, -0.2) is 17.8 Å². The van der Waals surface area contributed by atoms with Crippen molar-refractivity contribution in [3.05, 3.63) is 56.8 Å². The third-order valence-electron chi connectivity index (χ3n) is 3.74. The predicted molar refractivity (Wildman–Crippen MR) is 94.0 cm³/mol. The smallest absolute Gasteiger partial charge is 0.273 e. The topological polar surface area (TPSA) is 66.5 Å². The van der Waals surface area contributed by atoms with Crippen LogP contribution in [0.15, 0.2) is 35.2 Å². The fourth-order valence-electron chi connectivity index (χ4n) is 2.64. The molecule has 0 atom stereocenters. The summed E-state index contributed by atoms with van der Waals surface area (Å²) in [5.74, 6) is -1.28. The third-order valence-corrected chi connectivity index (χ3v) is 4.71. The van der Waals surface area contributed by atoms with Gasteiger partial charge in [0, 0.05) is 4.88 Å². The number of amides is 4. The monoisotopic (exact) mass is 340 g/mol. The third kappa shape index (κ3) is 2.88. The van der Waals surface area contributed by atoms with Crippen molar-refractivity contribution in [2.45, 2.75) is 20.8 Å². The summed E-state index contributed by atoms with van der Waals surface area (Å²) < 4.78 is 0. The molecule has 1 aliphatic heterocycles. The molecule has 24 heavy (non-hydrogen) atoms. The molecular formula is C18H16N2O3S. The molecule has 122 valence electrons. The van der Waals surface area contributed by atoms with Gasteiger partial charge in [0.2, 0.25) is 0 Å². The van der Waals surface area contributed by atoms with Crippen molar-refractivity contribution < 1.29 is 14.4 Å². The molecule has 2 heterocycles. The Morgan fingerprint density at radius 1 is 1.04 bits per heavy atom. The van der Waals surface area contributed by atoms with Crippen LogP contribution in [0.2, 0.25) is 0 Å². The van der Waals surface area contributed by atoms with Gasteiger partial charge in [0.1, 0.15) is 5.57 Å². The lowest BCUT2D eigenvalue weighted by Gasteiger charge is -2.26. The number of carbonyl (C=O) groups excluding carboxylic acids is 3. The second kappa shape index (κ2) is 6.05. The molecule has 1 N–H and O–H groups in total. The van der Waals surface area contributed by atoms with Crippen molar-refractivity contribution in [1.29, 1.82) is 0 Å². The van der Waals surface area contributed by atoms with Gasteiger partial charge in [-0.05, 0) is 67.1 Å². The Morgan fingerprint density at radius 2 is 1.71 bits per heavy atom. The highest BCUT2D eigenvalue weighted by Gasteiger charge is 2.37. The zero-order valence-electron chi connectivity index (χ0n) is 13.5. The average Bonchev–Trinajstić information content (AvgIpc) is 2.87. The van der Waals surface area contributed by atoms with E-state index in [9.17, 15) is 14.4 Å². The van der Waals surface area contributed by atoms with Crippen LogP contribution < -0.4 is 10.2 Å². The standard InChI is InChI=1S/C18H16N2O3S/c1-10-6-11(2)8-13(7-10)20-17(22)14(16(21)19-18(20)23)9-15-12(3)4-5-24-15/h4-9H,1-3H3,(H,19,21,23)/b14-9-. The molecule has 4 amide bonds. The highest BCUT2D eigenvalue weighted by molar-refractivity contribution is 7.11. The van der Waals surface area contributed by atoms with E-state index < -0.39 is 17.8 Å². The summed E-state index contributed by atoms with van der Waals surface area (Å²) in [6.45, 7) is 5.68. The first-order valence-electron chi connectivity index (χ1n) is 7.40. The van der Waals surface area contributed by atoms with E-state index in [2.05, 4.69) is 5.32 Å². The first-order valence-corrected chi connectivity index (χ1v) is 8.28. The number of imide groups is 2. The van der Waals surface area contributed by atoms with E-state index in [-0.39, 0.29) is 5.57 Å². The highest BCUT2D eigenvalue weighted by atomic mass is 32.1. The average molecular weight is 340 g/mol. The Morgan fingerprint density at radius 3 is 2.29 bits per heavy atom. The number of anilines is 1. The molecule has 0 unspecified atom stereocenters. The molecule has 6 heteroatoms. The van der Waals surface area contributed by atoms with Crippen molar-refractivity contribution in [3.8, 4) is 0 Å². The molecule has 2 aromatic rings. The summed E-state index contributed by atoms with van der Waals surface area (Å²) in [6.07, 6.45) is 1.54. The van der Waals surface area contributed by atoms with Gasteiger partial charge in [-0.1, -0.05) is 6.07 Å².